The Morgan fingerprint density at radius 2 is 2.11 bits per heavy atom. The van der Waals surface area contributed by atoms with Gasteiger partial charge in [0.1, 0.15) is 11.8 Å². The highest BCUT2D eigenvalue weighted by molar-refractivity contribution is 9.10. The monoisotopic (exact) mass is 302 g/mol. The van der Waals surface area contributed by atoms with Crippen LogP contribution in [0.3, 0.4) is 0 Å². The summed E-state index contributed by atoms with van der Waals surface area (Å²) in [5.74, 6) is 0.763. The van der Waals surface area contributed by atoms with Crippen LogP contribution in [0.25, 0.3) is 11.3 Å². The highest BCUT2D eigenvalue weighted by Crippen LogP contribution is 2.33. The van der Waals surface area contributed by atoms with Crippen LogP contribution in [0.4, 0.5) is 0 Å². The van der Waals surface area contributed by atoms with E-state index in [-0.39, 0.29) is 0 Å². The second kappa shape index (κ2) is 5.19. The Morgan fingerprint density at radius 1 is 1.33 bits per heavy atom. The lowest BCUT2D eigenvalue weighted by Crippen LogP contribution is -1.94. The molecule has 90 valence electrons. The van der Waals surface area contributed by atoms with E-state index in [4.69, 9.17) is 10.00 Å². The van der Waals surface area contributed by atoms with Gasteiger partial charge < -0.3 is 4.74 Å². The van der Waals surface area contributed by atoms with Gasteiger partial charge in [0, 0.05) is 16.2 Å². The van der Waals surface area contributed by atoms with Crippen molar-refractivity contribution >= 4 is 15.9 Å². The smallest absolute Gasteiger partial charge is 0.128 e. The molecule has 1 aromatic carbocycles. The summed E-state index contributed by atoms with van der Waals surface area (Å²) in [7, 11) is 1.63. The van der Waals surface area contributed by atoms with Gasteiger partial charge in [0.05, 0.1) is 18.4 Å². The van der Waals surface area contributed by atoms with E-state index in [1.54, 1.807) is 13.3 Å². The molecule has 0 radical (unpaired) electrons. The number of ether oxygens (including phenoxy) is 1. The minimum atomic E-state index is 0.560. The third-order valence-corrected chi connectivity index (χ3v) is 3.12. The molecule has 2 rings (SSSR count). The maximum atomic E-state index is 8.85. The van der Waals surface area contributed by atoms with Gasteiger partial charge in [0.15, 0.2) is 0 Å². The van der Waals surface area contributed by atoms with Crippen molar-refractivity contribution in [3.63, 3.8) is 0 Å². The summed E-state index contributed by atoms with van der Waals surface area (Å²) in [5, 5.41) is 8.85. The lowest BCUT2D eigenvalue weighted by atomic mass is 10.0. The zero-order valence-corrected chi connectivity index (χ0v) is 11.7. The van der Waals surface area contributed by atoms with E-state index in [0.717, 1.165) is 27.0 Å². The maximum Gasteiger partial charge on any atom is 0.128 e. The van der Waals surface area contributed by atoms with E-state index >= 15 is 0 Å². The molecule has 0 bridgehead atoms. The number of aryl methyl sites for hydroxylation is 1. The number of methoxy groups -OCH3 is 1. The highest BCUT2D eigenvalue weighted by atomic mass is 79.9. The number of aromatic nitrogens is 1. The third kappa shape index (κ3) is 2.36. The summed E-state index contributed by atoms with van der Waals surface area (Å²) in [5.41, 5.74) is 3.25. The maximum absolute atomic E-state index is 8.85. The van der Waals surface area contributed by atoms with Crippen molar-refractivity contribution in [3.05, 3.63) is 46.1 Å². The van der Waals surface area contributed by atoms with Crippen LogP contribution >= 0.6 is 15.9 Å². The highest BCUT2D eigenvalue weighted by Gasteiger charge is 2.11. The van der Waals surface area contributed by atoms with Crippen molar-refractivity contribution in [3.8, 4) is 23.1 Å². The number of pyridine rings is 1. The van der Waals surface area contributed by atoms with Crippen molar-refractivity contribution in [2.45, 2.75) is 6.92 Å². The SMILES string of the molecule is COc1ccc(Br)cc1-c1ncc(C#N)cc1C. The summed E-state index contributed by atoms with van der Waals surface area (Å²) in [6.45, 7) is 1.93. The first-order valence-corrected chi connectivity index (χ1v) is 6.15. The second-order valence-electron chi connectivity index (χ2n) is 3.85. The molecule has 0 amide bonds. The number of hydrogen-bond acceptors (Lipinski definition) is 3. The lowest BCUT2D eigenvalue weighted by Gasteiger charge is -2.10. The standard InChI is InChI=1S/C14H11BrN2O/c1-9-5-10(7-16)8-17-14(9)12-6-11(15)3-4-13(12)18-2/h3-6,8H,1-2H3. The first-order valence-electron chi connectivity index (χ1n) is 5.36. The third-order valence-electron chi connectivity index (χ3n) is 2.62. The molecule has 2 aromatic rings. The van der Waals surface area contributed by atoms with Crippen LogP contribution in [-0.4, -0.2) is 12.1 Å². The van der Waals surface area contributed by atoms with Crippen molar-refractivity contribution in [1.29, 1.82) is 5.26 Å². The lowest BCUT2D eigenvalue weighted by molar-refractivity contribution is 0.416. The molecular weight excluding hydrogens is 292 g/mol. The molecule has 0 atom stereocenters. The Bertz CT molecular complexity index is 632. The van der Waals surface area contributed by atoms with Crippen LogP contribution in [-0.2, 0) is 0 Å². The Kier molecular flexibility index (Phi) is 3.63. The van der Waals surface area contributed by atoms with Crippen molar-refractivity contribution in [1.82, 2.24) is 4.98 Å². The van der Waals surface area contributed by atoms with E-state index in [0.29, 0.717) is 5.56 Å². The average Bonchev–Trinajstić information content (AvgIpc) is 2.38. The first kappa shape index (κ1) is 12.6. The molecule has 0 saturated carbocycles. The number of rotatable bonds is 2. The Morgan fingerprint density at radius 3 is 2.72 bits per heavy atom. The van der Waals surface area contributed by atoms with Gasteiger partial charge in [-0.25, -0.2) is 0 Å². The Labute approximate surface area is 114 Å². The summed E-state index contributed by atoms with van der Waals surface area (Å²) in [6.07, 6.45) is 1.57. The molecule has 0 aliphatic carbocycles. The van der Waals surface area contributed by atoms with Crippen LogP contribution in [0.15, 0.2) is 34.9 Å². The minimum Gasteiger partial charge on any atom is -0.496 e. The van der Waals surface area contributed by atoms with Gasteiger partial charge in [-0.05, 0) is 36.8 Å². The largest absolute Gasteiger partial charge is 0.496 e. The van der Waals surface area contributed by atoms with Gasteiger partial charge in [-0.2, -0.15) is 5.26 Å². The molecule has 0 spiro atoms. The van der Waals surface area contributed by atoms with Crippen LogP contribution in [0.2, 0.25) is 0 Å². The zero-order valence-electron chi connectivity index (χ0n) is 10.1. The van der Waals surface area contributed by atoms with Crippen molar-refractivity contribution in [2.75, 3.05) is 7.11 Å². The molecular formula is C14H11BrN2O. The fourth-order valence-corrected chi connectivity index (χ4v) is 2.14. The van der Waals surface area contributed by atoms with E-state index < -0.39 is 0 Å². The fourth-order valence-electron chi connectivity index (χ4n) is 1.78. The van der Waals surface area contributed by atoms with Crippen LogP contribution in [0.5, 0.6) is 5.75 Å². The summed E-state index contributed by atoms with van der Waals surface area (Å²) >= 11 is 3.44. The predicted octanol–water partition coefficient (Wildman–Crippen LogP) is 3.70. The molecule has 0 aliphatic rings. The van der Waals surface area contributed by atoms with Gasteiger partial charge >= 0.3 is 0 Å². The topological polar surface area (TPSA) is 45.9 Å². The van der Waals surface area contributed by atoms with Crippen molar-refractivity contribution in [2.24, 2.45) is 0 Å². The first-order chi connectivity index (χ1) is 8.65. The minimum absolute atomic E-state index is 0.560. The number of halogens is 1. The van der Waals surface area contributed by atoms with Gasteiger partial charge in [-0.3, -0.25) is 4.98 Å². The van der Waals surface area contributed by atoms with Gasteiger partial charge in [-0.1, -0.05) is 15.9 Å². The normalized spacial score (nSPS) is 9.89. The van der Waals surface area contributed by atoms with Crippen LogP contribution < -0.4 is 4.74 Å². The molecule has 0 fully saturated rings. The zero-order chi connectivity index (χ0) is 13.1. The molecule has 1 aromatic heterocycles. The van der Waals surface area contributed by atoms with Gasteiger partial charge in [-0.15, -0.1) is 0 Å². The predicted molar refractivity (Wildman–Crippen MR) is 73.4 cm³/mol. The summed E-state index contributed by atoms with van der Waals surface area (Å²) in [6, 6.07) is 9.67. The number of nitrogens with zero attached hydrogens (tertiary/aromatic N) is 2. The number of benzene rings is 1. The van der Waals surface area contributed by atoms with Gasteiger partial charge in [0.2, 0.25) is 0 Å². The van der Waals surface area contributed by atoms with Gasteiger partial charge in [0.25, 0.3) is 0 Å². The van der Waals surface area contributed by atoms with Crippen LogP contribution in [0.1, 0.15) is 11.1 Å². The molecule has 0 N–H and O–H groups in total. The number of nitriles is 1. The van der Waals surface area contributed by atoms with E-state index in [2.05, 4.69) is 27.0 Å². The van der Waals surface area contributed by atoms with E-state index in [1.807, 2.05) is 31.2 Å². The van der Waals surface area contributed by atoms with E-state index in [9.17, 15) is 0 Å². The molecule has 0 aliphatic heterocycles. The molecule has 1 heterocycles. The quantitative estimate of drug-likeness (QED) is 0.850. The molecule has 3 nitrogen and oxygen atoms in total. The summed E-state index contributed by atoms with van der Waals surface area (Å²) < 4.78 is 6.30. The average molecular weight is 303 g/mol. The molecule has 0 saturated heterocycles. The Hall–Kier alpha value is -1.86. The second-order valence-corrected chi connectivity index (χ2v) is 4.76. The summed E-state index contributed by atoms with van der Waals surface area (Å²) in [4.78, 5) is 4.35. The van der Waals surface area contributed by atoms with E-state index in [1.165, 1.54) is 0 Å². The molecule has 18 heavy (non-hydrogen) atoms. The molecule has 4 heteroatoms. The van der Waals surface area contributed by atoms with Crippen molar-refractivity contribution < 1.29 is 4.74 Å². The van der Waals surface area contributed by atoms with Crippen LogP contribution in [0, 0.1) is 18.3 Å². The Balaban J connectivity index is 2.62. The molecule has 0 unspecified atom stereocenters. The fraction of sp³-hybridized carbons (Fsp3) is 0.143. The number of hydrogen-bond donors (Lipinski definition) is 0.